The second kappa shape index (κ2) is 9.08. The number of benzene rings is 1. The maximum Gasteiger partial charge on any atom is 0.191 e. The van der Waals surface area contributed by atoms with E-state index in [1.165, 1.54) is 6.42 Å². The average molecular weight is 496 g/mol. The number of halogens is 2. The second-order valence-corrected chi connectivity index (χ2v) is 6.58. The van der Waals surface area contributed by atoms with Gasteiger partial charge in [-0.15, -0.1) is 24.0 Å². The molecule has 2 aliphatic heterocycles. The normalized spacial score (nSPS) is 25.8. The van der Waals surface area contributed by atoms with E-state index in [-0.39, 0.29) is 24.0 Å². The maximum absolute atomic E-state index is 5.85. The monoisotopic (exact) mass is 495 g/mol. The SMILES string of the molecule is CN=C(NCCOc1ccc(Br)cc1)NC1CC2CCC1O2.I. The van der Waals surface area contributed by atoms with Crippen LogP contribution in [0.1, 0.15) is 19.3 Å². The molecule has 3 unspecified atom stereocenters. The summed E-state index contributed by atoms with van der Waals surface area (Å²) in [5.41, 5.74) is 0. The van der Waals surface area contributed by atoms with Crippen molar-refractivity contribution in [3.05, 3.63) is 28.7 Å². The quantitative estimate of drug-likeness (QED) is 0.285. The van der Waals surface area contributed by atoms with E-state index in [2.05, 4.69) is 31.6 Å². The van der Waals surface area contributed by atoms with Crippen molar-refractivity contribution in [2.24, 2.45) is 4.99 Å². The van der Waals surface area contributed by atoms with Crippen LogP contribution in [0.25, 0.3) is 0 Å². The van der Waals surface area contributed by atoms with Crippen LogP contribution in [-0.4, -0.2) is 44.4 Å². The number of aliphatic imine (C=N–C) groups is 1. The van der Waals surface area contributed by atoms with Gasteiger partial charge in [0, 0.05) is 11.5 Å². The summed E-state index contributed by atoms with van der Waals surface area (Å²) >= 11 is 3.41. The van der Waals surface area contributed by atoms with Gasteiger partial charge in [-0.1, -0.05) is 15.9 Å². The summed E-state index contributed by atoms with van der Waals surface area (Å²) in [5, 5.41) is 6.74. The fraction of sp³-hybridized carbons (Fsp3) is 0.562. The van der Waals surface area contributed by atoms with E-state index in [1.807, 2.05) is 24.3 Å². The van der Waals surface area contributed by atoms with Crippen molar-refractivity contribution in [1.29, 1.82) is 0 Å². The molecule has 2 saturated heterocycles. The first-order chi connectivity index (χ1) is 10.7. The number of nitrogens with zero attached hydrogens (tertiary/aromatic N) is 1. The number of rotatable bonds is 5. The zero-order valence-corrected chi connectivity index (χ0v) is 17.0. The molecule has 2 heterocycles. The summed E-state index contributed by atoms with van der Waals surface area (Å²) < 4.78 is 12.6. The van der Waals surface area contributed by atoms with Gasteiger partial charge in [-0.3, -0.25) is 4.99 Å². The van der Waals surface area contributed by atoms with Crippen molar-refractivity contribution < 1.29 is 9.47 Å². The van der Waals surface area contributed by atoms with Crippen molar-refractivity contribution in [2.75, 3.05) is 20.2 Å². The van der Waals surface area contributed by atoms with Crippen LogP contribution in [0.3, 0.4) is 0 Å². The van der Waals surface area contributed by atoms with Gasteiger partial charge in [-0.05, 0) is 43.5 Å². The predicted molar refractivity (Wildman–Crippen MR) is 106 cm³/mol. The fourth-order valence-corrected chi connectivity index (χ4v) is 3.29. The molecule has 2 fully saturated rings. The molecule has 0 amide bonds. The lowest BCUT2D eigenvalue weighted by molar-refractivity contribution is 0.0992. The lowest BCUT2D eigenvalue weighted by Gasteiger charge is -2.22. The first-order valence-electron chi connectivity index (χ1n) is 7.75. The molecule has 5 nitrogen and oxygen atoms in total. The third kappa shape index (κ3) is 5.22. The van der Waals surface area contributed by atoms with E-state index in [0.29, 0.717) is 31.4 Å². The molecule has 2 aliphatic rings. The zero-order valence-electron chi connectivity index (χ0n) is 13.1. The Labute approximate surface area is 162 Å². The third-order valence-corrected chi connectivity index (χ3v) is 4.66. The average Bonchev–Trinajstić information content (AvgIpc) is 3.14. The highest BCUT2D eigenvalue weighted by Crippen LogP contribution is 2.34. The second-order valence-electron chi connectivity index (χ2n) is 5.66. The molecule has 23 heavy (non-hydrogen) atoms. The minimum atomic E-state index is 0. The van der Waals surface area contributed by atoms with Gasteiger partial charge in [0.05, 0.1) is 24.8 Å². The highest BCUT2D eigenvalue weighted by molar-refractivity contribution is 14.0. The van der Waals surface area contributed by atoms with Gasteiger partial charge in [0.25, 0.3) is 0 Å². The molecule has 128 valence electrons. The highest BCUT2D eigenvalue weighted by Gasteiger charge is 2.41. The largest absolute Gasteiger partial charge is 0.492 e. The summed E-state index contributed by atoms with van der Waals surface area (Å²) in [5.74, 6) is 1.69. The van der Waals surface area contributed by atoms with Crippen LogP contribution in [0, 0.1) is 0 Å². The van der Waals surface area contributed by atoms with E-state index in [4.69, 9.17) is 9.47 Å². The van der Waals surface area contributed by atoms with E-state index in [9.17, 15) is 0 Å². The van der Waals surface area contributed by atoms with Crippen LogP contribution in [0.2, 0.25) is 0 Å². The summed E-state index contributed by atoms with van der Waals surface area (Å²) in [4.78, 5) is 4.27. The van der Waals surface area contributed by atoms with Gasteiger partial charge in [-0.2, -0.15) is 0 Å². The van der Waals surface area contributed by atoms with Crippen LogP contribution >= 0.6 is 39.9 Å². The smallest absolute Gasteiger partial charge is 0.191 e. The van der Waals surface area contributed by atoms with Crippen LogP contribution in [-0.2, 0) is 4.74 Å². The van der Waals surface area contributed by atoms with E-state index >= 15 is 0 Å². The van der Waals surface area contributed by atoms with Crippen molar-refractivity contribution >= 4 is 45.9 Å². The zero-order chi connectivity index (χ0) is 15.4. The number of guanidine groups is 1. The molecule has 1 aromatic rings. The maximum atomic E-state index is 5.85. The van der Waals surface area contributed by atoms with Gasteiger partial charge in [0.15, 0.2) is 5.96 Å². The van der Waals surface area contributed by atoms with Crippen LogP contribution < -0.4 is 15.4 Å². The number of fused-ring (bicyclic) bond motifs is 2. The number of hydrogen-bond acceptors (Lipinski definition) is 3. The lowest BCUT2D eigenvalue weighted by atomic mass is 9.96. The van der Waals surface area contributed by atoms with Gasteiger partial charge in [0.1, 0.15) is 12.4 Å². The molecule has 0 aromatic heterocycles. The minimum absolute atomic E-state index is 0. The molecular formula is C16H23BrIN3O2. The summed E-state index contributed by atoms with van der Waals surface area (Å²) in [6.45, 7) is 1.30. The van der Waals surface area contributed by atoms with Crippen molar-refractivity contribution in [2.45, 2.75) is 37.5 Å². The summed E-state index contributed by atoms with van der Waals surface area (Å²) in [7, 11) is 1.79. The van der Waals surface area contributed by atoms with Crippen molar-refractivity contribution in [1.82, 2.24) is 10.6 Å². The van der Waals surface area contributed by atoms with E-state index in [0.717, 1.165) is 29.0 Å². The van der Waals surface area contributed by atoms with Crippen LogP contribution in [0.5, 0.6) is 5.75 Å². The Morgan fingerprint density at radius 3 is 2.74 bits per heavy atom. The molecule has 1 aromatic carbocycles. The summed E-state index contributed by atoms with van der Waals surface area (Å²) in [6, 6.07) is 8.22. The van der Waals surface area contributed by atoms with Crippen LogP contribution in [0.4, 0.5) is 0 Å². The molecule has 3 rings (SSSR count). The first kappa shape index (κ1) is 18.8. The molecule has 7 heteroatoms. The molecule has 0 saturated carbocycles. The fourth-order valence-electron chi connectivity index (χ4n) is 3.03. The summed E-state index contributed by atoms with van der Waals surface area (Å²) in [6.07, 6.45) is 4.24. The van der Waals surface area contributed by atoms with E-state index in [1.54, 1.807) is 7.05 Å². The Morgan fingerprint density at radius 2 is 2.13 bits per heavy atom. The topological polar surface area (TPSA) is 54.9 Å². The Hall–Kier alpha value is -0.540. The van der Waals surface area contributed by atoms with Gasteiger partial charge in [0.2, 0.25) is 0 Å². The predicted octanol–water partition coefficient (Wildman–Crippen LogP) is 2.93. The lowest BCUT2D eigenvalue weighted by Crippen LogP contribution is -2.48. The van der Waals surface area contributed by atoms with Crippen molar-refractivity contribution in [3.63, 3.8) is 0 Å². The third-order valence-electron chi connectivity index (χ3n) is 4.13. The van der Waals surface area contributed by atoms with Crippen LogP contribution in [0.15, 0.2) is 33.7 Å². The minimum Gasteiger partial charge on any atom is -0.492 e. The standard InChI is InChI=1S/C16H22BrN3O2.HI/c1-18-16(20-14-10-13-6-7-15(14)22-13)19-8-9-21-12-4-2-11(17)3-5-12;/h2-5,13-15H,6-10H2,1H3,(H2,18,19,20);1H. The number of ether oxygens (including phenoxy) is 2. The first-order valence-corrected chi connectivity index (χ1v) is 8.55. The van der Waals surface area contributed by atoms with E-state index < -0.39 is 0 Å². The van der Waals surface area contributed by atoms with Gasteiger partial charge < -0.3 is 20.1 Å². The molecule has 3 atom stereocenters. The number of hydrogen-bond donors (Lipinski definition) is 2. The Kier molecular flexibility index (Phi) is 7.42. The van der Waals surface area contributed by atoms with Crippen molar-refractivity contribution in [3.8, 4) is 5.75 Å². The van der Waals surface area contributed by atoms with Gasteiger partial charge >= 0.3 is 0 Å². The molecule has 0 radical (unpaired) electrons. The number of nitrogens with one attached hydrogen (secondary N) is 2. The molecule has 2 N–H and O–H groups in total. The molecular weight excluding hydrogens is 473 g/mol. The Balaban J connectivity index is 0.00000192. The molecule has 0 spiro atoms. The van der Waals surface area contributed by atoms with Gasteiger partial charge in [-0.25, -0.2) is 0 Å². The molecule has 2 bridgehead atoms. The molecule has 0 aliphatic carbocycles. The Morgan fingerprint density at radius 1 is 1.35 bits per heavy atom. The Bertz CT molecular complexity index is 527. The highest BCUT2D eigenvalue weighted by atomic mass is 127.